The molecule has 5 atom stereocenters. The first-order chi connectivity index (χ1) is 46.5. The van der Waals surface area contributed by atoms with Crippen molar-refractivity contribution in [1.29, 1.82) is 0 Å². The fourth-order valence-electron chi connectivity index (χ4n) is 9.89. The maximum atomic E-state index is 12.2. The van der Waals surface area contributed by atoms with Crippen molar-refractivity contribution in [2.24, 2.45) is 27.1 Å². The molecule has 8 N–H and O–H groups in total. The molecule has 570 valence electrons. The largest absolute Gasteiger partial charge is 0.361 e. The Kier molecular flexibility index (Phi) is 39.4. The minimum Gasteiger partial charge on any atom is -0.361 e. The van der Waals surface area contributed by atoms with Crippen LogP contribution in [0, 0.1) is 47.8 Å². The summed E-state index contributed by atoms with van der Waals surface area (Å²) in [5.41, 5.74) is 4.28. The van der Waals surface area contributed by atoms with Crippen LogP contribution in [-0.2, 0) is 32.1 Å². The van der Waals surface area contributed by atoms with E-state index in [1.54, 1.807) is 12.1 Å². The van der Waals surface area contributed by atoms with Crippen LogP contribution in [0.15, 0.2) is 34.7 Å². The first-order valence-electron chi connectivity index (χ1n) is 36.2. The lowest BCUT2D eigenvalue weighted by molar-refractivity contribution is 0.0884. The van der Waals surface area contributed by atoms with Gasteiger partial charge in [-0.05, 0) is 143 Å². The molecule has 100 heavy (non-hydrogen) atoms. The summed E-state index contributed by atoms with van der Waals surface area (Å²) in [4.78, 5) is 64.9. The van der Waals surface area contributed by atoms with Gasteiger partial charge in [0.05, 0.1) is 0 Å². The summed E-state index contributed by atoms with van der Waals surface area (Å²) in [5, 5.41) is 44.2. The Morgan fingerprint density at radius 3 is 0.860 bits per heavy atom. The molecule has 0 saturated carbocycles. The summed E-state index contributed by atoms with van der Waals surface area (Å²) in [6.07, 6.45) is 5.92. The first kappa shape index (κ1) is 91.2. The zero-order valence-electron chi connectivity index (χ0n) is 67.4. The lowest BCUT2D eigenvalue weighted by Gasteiger charge is -2.36. The van der Waals surface area contributed by atoms with Crippen molar-refractivity contribution in [3.63, 3.8) is 0 Å². The van der Waals surface area contributed by atoms with Crippen LogP contribution in [0.4, 0.5) is 0 Å². The molecule has 0 spiro atoms. The van der Waals surface area contributed by atoms with Crippen molar-refractivity contribution in [3.8, 4) is 0 Å². The van der Waals surface area contributed by atoms with E-state index in [1.807, 2.05) is 83.6 Å². The molecule has 25 nitrogen and oxygen atoms in total. The van der Waals surface area contributed by atoms with Gasteiger partial charge in [-0.15, -0.1) is 0 Å². The van der Waals surface area contributed by atoms with Crippen LogP contribution in [0.1, 0.15) is 270 Å². The van der Waals surface area contributed by atoms with E-state index in [4.69, 9.17) is 22.6 Å². The number of nitrogens with zero attached hydrogens (tertiary/aromatic N) is 7. The molecule has 0 aliphatic heterocycles. The van der Waals surface area contributed by atoms with Gasteiger partial charge in [0, 0.05) is 124 Å². The highest BCUT2D eigenvalue weighted by molar-refractivity contribution is 5.95. The highest BCUT2D eigenvalue weighted by atomic mass is 16.5. The Bertz CT molecular complexity index is 3200. The van der Waals surface area contributed by atoms with E-state index >= 15 is 0 Å². The van der Waals surface area contributed by atoms with Gasteiger partial charge in [0.1, 0.15) is 28.8 Å². The van der Waals surface area contributed by atoms with Gasteiger partial charge in [-0.25, -0.2) is 0 Å². The third kappa shape index (κ3) is 29.3. The van der Waals surface area contributed by atoms with E-state index in [0.717, 1.165) is 110 Å². The van der Waals surface area contributed by atoms with E-state index in [9.17, 15) is 24.0 Å². The zero-order chi connectivity index (χ0) is 76.7. The smallest absolute Gasteiger partial charge is 0.273 e. The number of aromatic nitrogens is 5. The molecule has 0 aromatic carbocycles. The number of hydrogen-bond donors (Lipinski definition) is 8. The quantitative estimate of drug-likeness (QED) is 0.0187. The van der Waals surface area contributed by atoms with Gasteiger partial charge in [0.25, 0.3) is 29.5 Å². The van der Waals surface area contributed by atoms with Crippen LogP contribution in [0.5, 0.6) is 0 Å². The number of carbonyl (C=O) groups excluding carboxylic acids is 5. The van der Waals surface area contributed by atoms with Gasteiger partial charge in [-0.2, -0.15) is 0 Å². The van der Waals surface area contributed by atoms with E-state index in [1.165, 1.54) is 0 Å². The predicted molar refractivity (Wildman–Crippen MR) is 399 cm³/mol. The highest BCUT2D eigenvalue weighted by Gasteiger charge is 2.33. The molecule has 5 amide bonds. The fraction of sp³-hybridized carbons (Fsp3) is 0.733. The maximum Gasteiger partial charge on any atom is 0.273 e. The Hall–Kier alpha value is -6.80. The molecule has 0 bridgehead atoms. The second kappa shape index (κ2) is 43.2. The van der Waals surface area contributed by atoms with Crippen LogP contribution < -0.4 is 42.5 Å². The van der Waals surface area contributed by atoms with E-state index < -0.39 is 0 Å². The summed E-state index contributed by atoms with van der Waals surface area (Å²) in [6, 6.07) is 5.06. The van der Waals surface area contributed by atoms with Crippen LogP contribution in [0.2, 0.25) is 0 Å². The maximum absolute atomic E-state index is 12.2. The van der Waals surface area contributed by atoms with Crippen LogP contribution in [-0.4, -0.2) is 176 Å². The molecule has 5 heterocycles. The molecule has 0 fully saturated rings. The normalized spacial score (nSPS) is 13.4. The second-order valence-electron chi connectivity index (χ2n) is 30.1. The summed E-state index contributed by atoms with van der Waals surface area (Å²) in [7, 11) is 8.17. The van der Waals surface area contributed by atoms with Crippen molar-refractivity contribution < 1.29 is 46.6 Å². The molecule has 5 aromatic heterocycles. The number of hydrogen-bond acceptors (Lipinski definition) is 20. The monoisotopic (exact) mass is 1410 g/mol. The van der Waals surface area contributed by atoms with Crippen LogP contribution in [0.25, 0.3) is 0 Å². The van der Waals surface area contributed by atoms with Crippen molar-refractivity contribution in [2.75, 3.05) is 80.5 Å². The highest BCUT2D eigenvalue weighted by Crippen LogP contribution is 2.26. The lowest BCUT2D eigenvalue weighted by atomic mass is 9.84. The van der Waals surface area contributed by atoms with Gasteiger partial charge in [-0.1, -0.05) is 150 Å². The second-order valence-corrected chi connectivity index (χ2v) is 30.1. The molecule has 5 rings (SSSR count). The zero-order valence-corrected chi connectivity index (χ0v) is 67.4. The molecule has 25 heteroatoms. The van der Waals surface area contributed by atoms with Gasteiger partial charge in [-0.3, -0.25) is 24.0 Å². The molecule has 0 saturated heterocycles. The molecule has 0 radical (unpaired) electrons. The Morgan fingerprint density at radius 2 is 0.640 bits per heavy atom. The number of amides is 5. The molecule has 5 unspecified atom stereocenters. The lowest BCUT2D eigenvalue weighted by Crippen LogP contribution is -2.47. The number of nitrogens with one attached hydrogen (secondary N) is 8. The molecular formula is C75H135N15O10. The van der Waals surface area contributed by atoms with Crippen LogP contribution >= 0.6 is 0 Å². The Morgan fingerprint density at radius 1 is 0.380 bits per heavy atom. The molecule has 0 aliphatic rings. The van der Waals surface area contributed by atoms with Gasteiger partial charge < -0.3 is 74.9 Å². The molecular weight excluding hydrogens is 1270 g/mol. The third-order valence-electron chi connectivity index (χ3n) is 19.7. The van der Waals surface area contributed by atoms with Gasteiger partial charge >= 0.3 is 0 Å². The molecule has 0 aliphatic carbocycles. The standard InChI is InChI=1S/C16H29N3O2.3C15H27N3O2.C14H25N3O2/c1-7-9-17-12(4)16(5,6)10-18-15(20)14-11(3)13(8-2)21-19-14;1-8-12-10(2)13(17-20-12)14(19)16-9-15(4,5)11(3)18(6)7;1-7-12-10(3)13(18-20-12)14(19)17-9-15(5,6)11(4)16-8-2;1-6-8-16-11(3)15(4,5)10-17-14(19)13-9-12(7-2)20-18-13;1-7-11-8-12(16-19-11)13(18)15-9-14(3,4)10(2)17(5)6/h12,17H,7-10H2,1-6H3,(H,18,20);11H,8-9H2,1-7H3,(H,16,19);11,16H,7-9H2,1-6H3,(H,17,19);9,11,16H,6-8,10H2,1-5H3,(H,17,19);8,10H,7,9H2,1-6H3,(H,15,18). The van der Waals surface area contributed by atoms with Crippen LogP contribution in [0.3, 0.4) is 0 Å². The first-order valence-corrected chi connectivity index (χ1v) is 36.2. The topological polar surface area (TPSA) is 318 Å². The van der Waals surface area contributed by atoms with E-state index in [-0.39, 0.29) is 56.6 Å². The van der Waals surface area contributed by atoms with Crippen molar-refractivity contribution in [3.05, 3.63) is 86.1 Å². The third-order valence-corrected chi connectivity index (χ3v) is 19.7. The summed E-state index contributed by atoms with van der Waals surface area (Å²) >= 11 is 0. The van der Waals surface area contributed by atoms with Gasteiger partial charge in [0.15, 0.2) is 28.5 Å². The minimum absolute atomic E-state index is 0.0174. The van der Waals surface area contributed by atoms with E-state index in [0.29, 0.717) is 91.4 Å². The Labute approximate surface area is 600 Å². The average Bonchev–Trinajstić information content (AvgIpc) is 1.87. The minimum atomic E-state index is -0.178. The van der Waals surface area contributed by atoms with Crippen molar-refractivity contribution >= 4 is 29.5 Å². The Balaban J connectivity index is 0.000000625. The number of aryl methyl sites for hydroxylation is 5. The summed E-state index contributed by atoms with van der Waals surface area (Å²) < 4.78 is 25.6. The van der Waals surface area contributed by atoms with Crippen molar-refractivity contribution in [2.45, 2.75) is 255 Å². The number of rotatable bonds is 35. The summed E-state index contributed by atoms with van der Waals surface area (Å²) in [6.45, 7) is 59.9. The number of carbonyl (C=O) groups is 5. The SMILES string of the molecule is CCCNC(C)C(C)(C)CNC(=O)c1cc(CC)on1.CCCNC(C)C(C)(C)CNC(=O)c1noc(CC)c1C.CCNC(C)C(C)(C)CNC(=O)c1noc(CC)c1C.CCc1cc(C(=O)NCC(C)(C)C(C)N(C)C)no1.CCc1onc(C(=O)NCC(C)(C)C(C)N(C)C)c1C. The van der Waals surface area contributed by atoms with E-state index in [2.05, 4.69) is 203 Å². The van der Waals surface area contributed by atoms with Crippen molar-refractivity contribution in [1.82, 2.24) is 78.1 Å². The van der Waals surface area contributed by atoms with Gasteiger partial charge in [0.2, 0.25) is 0 Å². The summed E-state index contributed by atoms with van der Waals surface area (Å²) in [5.74, 6) is 2.94. The predicted octanol–water partition coefficient (Wildman–Crippen LogP) is 11.6. The average molecular weight is 1410 g/mol. The molecule has 5 aromatic rings. The fourth-order valence-corrected chi connectivity index (χ4v) is 9.89.